The van der Waals surface area contributed by atoms with E-state index in [0.29, 0.717) is 0 Å². The fraction of sp³-hybridized carbons (Fsp3) is 0.125. The minimum absolute atomic E-state index is 0.164. The van der Waals surface area contributed by atoms with Crippen molar-refractivity contribution in [2.24, 2.45) is 0 Å². The van der Waals surface area contributed by atoms with Gasteiger partial charge in [-0.2, -0.15) is 0 Å². The normalized spacial score (nSPS) is 10.9. The Labute approximate surface area is 119 Å². The van der Waals surface area contributed by atoms with Crippen LogP contribution in [0, 0.1) is 12.1 Å². The van der Waals surface area contributed by atoms with E-state index in [0.717, 1.165) is 11.1 Å². The van der Waals surface area contributed by atoms with Crippen molar-refractivity contribution in [3.63, 3.8) is 0 Å². The summed E-state index contributed by atoms with van der Waals surface area (Å²) in [7, 11) is -3.50. The van der Waals surface area contributed by atoms with Crippen molar-refractivity contribution in [1.29, 1.82) is 0 Å². The molecule has 0 aliphatic heterocycles. The fourth-order valence-electron chi connectivity index (χ4n) is 1.58. The Morgan fingerprint density at radius 2 is 1.25 bits per heavy atom. The fourth-order valence-corrected chi connectivity index (χ4v) is 2.44. The van der Waals surface area contributed by atoms with Crippen molar-refractivity contribution in [3.05, 3.63) is 71.8 Å². The molecule has 0 saturated heterocycles. The summed E-state index contributed by atoms with van der Waals surface area (Å²) in [5.74, 6) is 0. The van der Waals surface area contributed by atoms with Crippen molar-refractivity contribution in [1.82, 2.24) is 0 Å². The predicted octanol–water partition coefficient (Wildman–Crippen LogP) is 4.20. The largest absolute Gasteiger partial charge is 0.405 e. The molecule has 20 heavy (non-hydrogen) atoms. The molecular formula is C16H15O3P. The van der Waals surface area contributed by atoms with Crippen LogP contribution in [0.15, 0.2) is 60.7 Å². The molecule has 0 bridgehead atoms. The van der Waals surface area contributed by atoms with Gasteiger partial charge in [-0.3, -0.25) is 9.05 Å². The van der Waals surface area contributed by atoms with Crippen LogP contribution in [-0.4, -0.2) is 0 Å². The Morgan fingerprint density at radius 3 is 1.60 bits per heavy atom. The van der Waals surface area contributed by atoms with Gasteiger partial charge in [-0.1, -0.05) is 60.7 Å². The molecule has 0 heterocycles. The van der Waals surface area contributed by atoms with Gasteiger partial charge in [0.2, 0.25) is 0 Å². The van der Waals surface area contributed by atoms with Gasteiger partial charge >= 0.3 is 7.60 Å². The quantitative estimate of drug-likeness (QED) is 0.589. The molecule has 2 aromatic carbocycles. The maximum atomic E-state index is 12.2. The van der Waals surface area contributed by atoms with Crippen LogP contribution >= 0.6 is 7.60 Å². The van der Waals surface area contributed by atoms with Crippen LogP contribution in [-0.2, 0) is 26.8 Å². The molecule has 0 N–H and O–H groups in total. The van der Waals surface area contributed by atoms with Gasteiger partial charge in [0, 0.05) is 5.66 Å². The van der Waals surface area contributed by atoms with Crippen LogP contribution in [0.25, 0.3) is 0 Å². The van der Waals surface area contributed by atoms with Crippen molar-refractivity contribution in [2.45, 2.75) is 13.2 Å². The molecule has 2 rings (SSSR count). The zero-order valence-corrected chi connectivity index (χ0v) is 11.8. The van der Waals surface area contributed by atoms with Crippen LogP contribution in [0.3, 0.4) is 0 Å². The molecular weight excluding hydrogens is 271 g/mol. The lowest BCUT2D eigenvalue weighted by Gasteiger charge is -2.13. The average molecular weight is 286 g/mol. The zero-order valence-electron chi connectivity index (χ0n) is 10.9. The summed E-state index contributed by atoms with van der Waals surface area (Å²) in [4.78, 5) is 0. The maximum Gasteiger partial charge on any atom is 0.405 e. The minimum atomic E-state index is -3.50. The van der Waals surface area contributed by atoms with Gasteiger partial charge in [-0.05, 0) is 11.1 Å². The van der Waals surface area contributed by atoms with Gasteiger partial charge in [0.1, 0.15) is 0 Å². The highest BCUT2D eigenvalue weighted by Gasteiger charge is 2.21. The first-order valence-electron chi connectivity index (χ1n) is 6.17. The van der Waals surface area contributed by atoms with Crippen LogP contribution in [0.1, 0.15) is 11.1 Å². The van der Waals surface area contributed by atoms with E-state index in [1.54, 1.807) is 0 Å². The third kappa shape index (κ3) is 4.36. The van der Waals surface area contributed by atoms with Crippen LogP contribution in [0.4, 0.5) is 0 Å². The zero-order chi connectivity index (χ0) is 14.3. The molecule has 0 aliphatic carbocycles. The standard InChI is InChI=1S/C16H15O3P/c1-2-20(17,18-13-15-9-5-3-6-10-15)19-14-16-11-7-4-8-12-16/h1,3-12H,13-14H2. The molecule has 0 unspecified atom stereocenters. The lowest BCUT2D eigenvalue weighted by Crippen LogP contribution is -1.96. The third-order valence-electron chi connectivity index (χ3n) is 2.65. The summed E-state index contributed by atoms with van der Waals surface area (Å²) in [6.45, 7) is 0.328. The highest BCUT2D eigenvalue weighted by atomic mass is 31.2. The number of benzene rings is 2. The van der Waals surface area contributed by atoms with E-state index >= 15 is 0 Å². The number of hydrogen-bond donors (Lipinski definition) is 0. The Kier molecular flexibility index (Phi) is 5.15. The SMILES string of the molecule is C#CP(=O)(OCc1ccccc1)OCc1ccccc1. The number of terminal acetylenes is 1. The van der Waals surface area contributed by atoms with Crippen LogP contribution in [0.2, 0.25) is 0 Å². The topological polar surface area (TPSA) is 35.5 Å². The Morgan fingerprint density at radius 1 is 0.850 bits per heavy atom. The van der Waals surface area contributed by atoms with Crippen LogP contribution < -0.4 is 0 Å². The van der Waals surface area contributed by atoms with E-state index in [9.17, 15) is 4.57 Å². The molecule has 4 heteroatoms. The minimum Gasteiger partial charge on any atom is -0.294 e. The smallest absolute Gasteiger partial charge is 0.294 e. The summed E-state index contributed by atoms with van der Waals surface area (Å²) in [6, 6.07) is 18.8. The summed E-state index contributed by atoms with van der Waals surface area (Å²) >= 11 is 0. The summed E-state index contributed by atoms with van der Waals surface area (Å²) in [5.41, 5.74) is 3.92. The van der Waals surface area contributed by atoms with Crippen molar-refractivity contribution in [2.75, 3.05) is 0 Å². The molecule has 0 fully saturated rings. The van der Waals surface area contributed by atoms with E-state index in [2.05, 4.69) is 5.66 Å². The van der Waals surface area contributed by atoms with Gasteiger partial charge in [-0.25, -0.2) is 4.57 Å². The van der Waals surface area contributed by atoms with E-state index in [1.165, 1.54) is 0 Å². The Hall–Kier alpha value is -1.85. The molecule has 0 aliphatic rings. The van der Waals surface area contributed by atoms with Gasteiger partial charge in [0.15, 0.2) is 0 Å². The van der Waals surface area contributed by atoms with Gasteiger partial charge < -0.3 is 0 Å². The number of rotatable bonds is 6. The molecule has 0 spiro atoms. The predicted molar refractivity (Wildman–Crippen MR) is 78.9 cm³/mol. The lowest BCUT2D eigenvalue weighted by atomic mass is 10.2. The number of hydrogen-bond acceptors (Lipinski definition) is 3. The second-order valence-corrected chi connectivity index (χ2v) is 5.91. The van der Waals surface area contributed by atoms with E-state index < -0.39 is 7.60 Å². The highest BCUT2D eigenvalue weighted by Crippen LogP contribution is 2.48. The van der Waals surface area contributed by atoms with Gasteiger partial charge in [-0.15, -0.1) is 6.42 Å². The summed E-state index contributed by atoms with van der Waals surface area (Å²) in [5, 5.41) is 0. The molecule has 3 nitrogen and oxygen atoms in total. The molecule has 0 atom stereocenters. The lowest BCUT2D eigenvalue weighted by molar-refractivity contribution is 0.201. The first kappa shape index (κ1) is 14.6. The van der Waals surface area contributed by atoms with Crippen molar-refractivity contribution < 1.29 is 13.6 Å². The first-order chi connectivity index (χ1) is 9.72. The third-order valence-corrected chi connectivity index (χ3v) is 3.90. The molecule has 0 amide bonds. The van der Waals surface area contributed by atoms with E-state index in [-0.39, 0.29) is 13.2 Å². The van der Waals surface area contributed by atoms with Gasteiger partial charge in [0.05, 0.1) is 13.2 Å². The Balaban J connectivity index is 1.93. The Bertz CT molecular complexity index is 570. The molecule has 102 valence electrons. The molecule has 0 radical (unpaired) electrons. The molecule has 0 aromatic heterocycles. The summed E-state index contributed by atoms with van der Waals surface area (Å²) < 4.78 is 22.8. The highest BCUT2D eigenvalue weighted by molar-refractivity contribution is 7.59. The van der Waals surface area contributed by atoms with E-state index in [4.69, 9.17) is 15.5 Å². The molecule has 2 aromatic rings. The first-order valence-corrected chi connectivity index (χ1v) is 7.71. The van der Waals surface area contributed by atoms with E-state index in [1.807, 2.05) is 60.7 Å². The summed E-state index contributed by atoms with van der Waals surface area (Å²) in [6.07, 6.45) is 5.27. The monoisotopic (exact) mass is 286 g/mol. The maximum absolute atomic E-state index is 12.2. The van der Waals surface area contributed by atoms with Gasteiger partial charge in [0.25, 0.3) is 0 Å². The second kappa shape index (κ2) is 7.07. The average Bonchev–Trinajstić information content (AvgIpc) is 2.53. The van der Waals surface area contributed by atoms with Crippen LogP contribution in [0.5, 0.6) is 0 Å². The van der Waals surface area contributed by atoms with Crippen molar-refractivity contribution >= 4 is 7.60 Å². The molecule has 0 saturated carbocycles. The van der Waals surface area contributed by atoms with Crippen molar-refractivity contribution in [3.8, 4) is 12.1 Å². The second-order valence-electron chi connectivity index (χ2n) is 4.14.